The number of nitrogens with one attached hydrogen (secondary N) is 1. The number of imidazole rings is 1. The predicted octanol–water partition coefficient (Wildman–Crippen LogP) is 4.29. The molecule has 0 bridgehead atoms. The van der Waals surface area contributed by atoms with Gasteiger partial charge in [-0.25, -0.2) is 15.0 Å². The van der Waals surface area contributed by atoms with Gasteiger partial charge in [-0.2, -0.15) is 13.2 Å². The molecule has 26 heavy (non-hydrogen) atoms. The summed E-state index contributed by atoms with van der Waals surface area (Å²) in [5, 5.41) is 0. The fraction of sp³-hybridized carbons (Fsp3) is 0.0556. The monoisotopic (exact) mass is 355 g/mol. The Morgan fingerprint density at radius 2 is 1.73 bits per heavy atom. The number of anilines is 1. The molecule has 0 atom stereocenters. The number of halogens is 3. The molecule has 2 aromatic carbocycles. The summed E-state index contributed by atoms with van der Waals surface area (Å²) in [5.41, 5.74) is 8.33. The zero-order valence-electron chi connectivity index (χ0n) is 13.2. The van der Waals surface area contributed by atoms with E-state index in [1.54, 1.807) is 6.33 Å². The van der Waals surface area contributed by atoms with Crippen LogP contribution in [0, 0.1) is 0 Å². The molecule has 130 valence electrons. The molecule has 4 aromatic rings. The largest absolute Gasteiger partial charge is 0.416 e. The van der Waals surface area contributed by atoms with Gasteiger partial charge < -0.3 is 10.7 Å². The van der Waals surface area contributed by atoms with Crippen LogP contribution in [0.4, 0.5) is 19.0 Å². The number of rotatable bonds is 2. The van der Waals surface area contributed by atoms with E-state index in [1.165, 1.54) is 18.2 Å². The van der Waals surface area contributed by atoms with E-state index in [0.29, 0.717) is 28.2 Å². The molecule has 5 nitrogen and oxygen atoms in total. The van der Waals surface area contributed by atoms with E-state index in [0.717, 1.165) is 17.6 Å². The van der Waals surface area contributed by atoms with Gasteiger partial charge in [0.2, 0.25) is 0 Å². The number of alkyl halides is 3. The summed E-state index contributed by atoms with van der Waals surface area (Å²) in [6.07, 6.45) is -2.82. The highest BCUT2D eigenvalue weighted by molar-refractivity contribution is 5.90. The fourth-order valence-electron chi connectivity index (χ4n) is 2.71. The molecule has 0 aliphatic heterocycles. The standard InChI is InChI=1S/C18H12F3N5/c19-18(20,21)11-6-4-10(5-7-11)14-8-15(22)26-17(25-14)12-2-1-3-13-16(12)24-9-23-13/h1-9H,(H,23,24)(H2,22,25,26). The minimum Gasteiger partial charge on any atom is -0.384 e. The Morgan fingerprint density at radius 3 is 2.46 bits per heavy atom. The van der Waals surface area contributed by atoms with E-state index in [1.807, 2.05) is 18.2 Å². The Hall–Kier alpha value is -3.42. The van der Waals surface area contributed by atoms with E-state index >= 15 is 0 Å². The van der Waals surface area contributed by atoms with Crippen LogP contribution in [-0.4, -0.2) is 19.9 Å². The maximum atomic E-state index is 12.7. The van der Waals surface area contributed by atoms with Crippen LogP contribution in [0.2, 0.25) is 0 Å². The van der Waals surface area contributed by atoms with Crippen molar-refractivity contribution in [2.24, 2.45) is 0 Å². The summed E-state index contributed by atoms with van der Waals surface area (Å²) in [6, 6.07) is 11.8. The SMILES string of the molecule is Nc1cc(-c2ccc(C(F)(F)F)cc2)nc(-c2cccc3[nH]cnc23)n1. The summed E-state index contributed by atoms with van der Waals surface area (Å²) in [5.74, 6) is 0.579. The fourth-order valence-corrected chi connectivity index (χ4v) is 2.71. The lowest BCUT2D eigenvalue weighted by molar-refractivity contribution is -0.137. The van der Waals surface area contributed by atoms with E-state index in [4.69, 9.17) is 5.73 Å². The highest BCUT2D eigenvalue weighted by atomic mass is 19.4. The molecule has 3 N–H and O–H groups in total. The van der Waals surface area contributed by atoms with Crippen molar-refractivity contribution in [2.45, 2.75) is 6.18 Å². The van der Waals surface area contributed by atoms with Crippen LogP contribution < -0.4 is 5.73 Å². The number of nitrogen functional groups attached to an aromatic ring is 1. The van der Waals surface area contributed by atoms with Gasteiger partial charge in [-0.05, 0) is 24.3 Å². The highest BCUT2D eigenvalue weighted by Gasteiger charge is 2.30. The molecule has 0 saturated heterocycles. The lowest BCUT2D eigenvalue weighted by atomic mass is 10.1. The number of nitrogens with two attached hydrogens (primary N) is 1. The van der Waals surface area contributed by atoms with Gasteiger partial charge in [-0.15, -0.1) is 0 Å². The van der Waals surface area contributed by atoms with Crippen LogP contribution in [0.1, 0.15) is 5.56 Å². The van der Waals surface area contributed by atoms with Gasteiger partial charge in [0.25, 0.3) is 0 Å². The van der Waals surface area contributed by atoms with Crippen LogP contribution in [0.15, 0.2) is 54.9 Å². The minimum absolute atomic E-state index is 0.220. The average molecular weight is 355 g/mol. The molecule has 8 heteroatoms. The number of aromatic nitrogens is 4. The number of hydrogen-bond donors (Lipinski definition) is 2. The van der Waals surface area contributed by atoms with Crippen LogP contribution in [-0.2, 0) is 6.18 Å². The first kappa shape index (κ1) is 16.1. The van der Waals surface area contributed by atoms with Crippen molar-refractivity contribution < 1.29 is 13.2 Å². The second-order valence-corrected chi connectivity index (χ2v) is 5.68. The molecular formula is C18H12F3N5. The summed E-state index contributed by atoms with van der Waals surface area (Å²) in [4.78, 5) is 16.0. The molecule has 0 aliphatic rings. The van der Waals surface area contributed by atoms with Crippen molar-refractivity contribution in [3.63, 3.8) is 0 Å². The third-order valence-corrected chi connectivity index (χ3v) is 3.94. The molecule has 0 unspecified atom stereocenters. The first-order valence-electron chi connectivity index (χ1n) is 7.66. The second-order valence-electron chi connectivity index (χ2n) is 5.68. The smallest absolute Gasteiger partial charge is 0.384 e. The van der Waals surface area contributed by atoms with Gasteiger partial charge in [-0.1, -0.05) is 18.2 Å². The molecule has 2 heterocycles. The minimum atomic E-state index is -4.38. The van der Waals surface area contributed by atoms with Crippen LogP contribution >= 0.6 is 0 Å². The van der Waals surface area contributed by atoms with Crippen LogP contribution in [0.3, 0.4) is 0 Å². The molecule has 2 aromatic heterocycles. The number of para-hydroxylation sites is 1. The summed E-state index contributed by atoms with van der Waals surface area (Å²) in [6.45, 7) is 0. The summed E-state index contributed by atoms with van der Waals surface area (Å²) < 4.78 is 38.2. The Labute approximate surface area is 145 Å². The Kier molecular flexibility index (Phi) is 3.61. The summed E-state index contributed by atoms with van der Waals surface area (Å²) >= 11 is 0. The Bertz CT molecular complexity index is 1080. The van der Waals surface area contributed by atoms with Crippen molar-refractivity contribution in [3.8, 4) is 22.6 Å². The maximum absolute atomic E-state index is 12.7. The number of hydrogen-bond acceptors (Lipinski definition) is 4. The topological polar surface area (TPSA) is 80.5 Å². The molecule has 0 radical (unpaired) electrons. The van der Waals surface area contributed by atoms with Crippen LogP contribution in [0.5, 0.6) is 0 Å². The first-order valence-corrected chi connectivity index (χ1v) is 7.66. The molecule has 4 rings (SSSR count). The van der Waals surface area contributed by atoms with Gasteiger partial charge in [0.1, 0.15) is 5.82 Å². The van der Waals surface area contributed by atoms with Crippen molar-refractivity contribution in [1.29, 1.82) is 0 Å². The Morgan fingerprint density at radius 1 is 0.962 bits per heavy atom. The van der Waals surface area contributed by atoms with Crippen molar-refractivity contribution in [1.82, 2.24) is 19.9 Å². The molecule has 0 spiro atoms. The van der Waals surface area contributed by atoms with Gasteiger partial charge in [0.05, 0.1) is 28.6 Å². The van der Waals surface area contributed by atoms with Gasteiger partial charge in [0, 0.05) is 17.2 Å². The van der Waals surface area contributed by atoms with Crippen molar-refractivity contribution >= 4 is 16.9 Å². The van der Waals surface area contributed by atoms with E-state index in [2.05, 4.69) is 19.9 Å². The maximum Gasteiger partial charge on any atom is 0.416 e. The van der Waals surface area contributed by atoms with E-state index in [-0.39, 0.29) is 5.82 Å². The van der Waals surface area contributed by atoms with Crippen LogP contribution in [0.25, 0.3) is 33.7 Å². The highest BCUT2D eigenvalue weighted by Crippen LogP contribution is 2.32. The molecule has 0 aliphatic carbocycles. The molecular weight excluding hydrogens is 343 g/mol. The van der Waals surface area contributed by atoms with E-state index in [9.17, 15) is 13.2 Å². The summed E-state index contributed by atoms with van der Waals surface area (Å²) in [7, 11) is 0. The van der Waals surface area contributed by atoms with Crippen molar-refractivity contribution in [2.75, 3.05) is 5.73 Å². The normalized spacial score (nSPS) is 11.8. The Balaban J connectivity index is 1.81. The third kappa shape index (κ3) is 2.85. The average Bonchev–Trinajstić information content (AvgIpc) is 3.09. The van der Waals surface area contributed by atoms with E-state index < -0.39 is 11.7 Å². The molecule has 0 amide bonds. The second kappa shape index (κ2) is 5.83. The van der Waals surface area contributed by atoms with Gasteiger partial charge in [-0.3, -0.25) is 0 Å². The lowest BCUT2D eigenvalue weighted by Crippen LogP contribution is -2.04. The van der Waals surface area contributed by atoms with Gasteiger partial charge >= 0.3 is 6.18 Å². The number of aromatic amines is 1. The number of fused-ring (bicyclic) bond motifs is 1. The zero-order chi connectivity index (χ0) is 18.3. The van der Waals surface area contributed by atoms with Gasteiger partial charge in [0.15, 0.2) is 5.82 Å². The lowest BCUT2D eigenvalue weighted by Gasteiger charge is -2.09. The quantitative estimate of drug-likeness (QED) is 0.562. The zero-order valence-corrected chi connectivity index (χ0v) is 13.2. The molecule has 0 saturated carbocycles. The number of nitrogens with zero attached hydrogens (tertiary/aromatic N) is 3. The number of H-pyrrole nitrogens is 1. The molecule has 0 fully saturated rings. The first-order chi connectivity index (χ1) is 12.4. The third-order valence-electron chi connectivity index (χ3n) is 3.94. The van der Waals surface area contributed by atoms with Crippen molar-refractivity contribution in [3.05, 3.63) is 60.4 Å². The predicted molar refractivity (Wildman–Crippen MR) is 92.0 cm³/mol. The number of benzene rings is 2.